The van der Waals surface area contributed by atoms with E-state index in [1.54, 1.807) is 13.3 Å². The summed E-state index contributed by atoms with van der Waals surface area (Å²) in [6, 6.07) is 12.1. The van der Waals surface area contributed by atoms with Gasteiger partial charge in [-0.2, -0.15) is 5.10 Å². The second-order valence-electron chi connectivity index (χ2n) is 6.48. The highest BCUT2D eigenvalue weighted by Gasteiger charge is 2.22. The van der Waals surface area contributed by atoms with Crippen molar-refractivity contribution in [2.75, 3.05) is 12.4 Å². The van der Waals surface area contributed by atoms with Crippen molar-refractivity contribution in [2.24, 2.45) is 0 Å². The number of anilines is 1. The van der Waals surface area contributed by atoms with E-state index in [2.05, 4.69) is 10.4 Å². The van der Waals surface area contributed by atoms with E-state index in [1.165, 1.54) is 0 Å². The standard InChI is InChI=1S/C19H22N4O2/c1-25-16-10-4-13(5-11-16)18-19(21-14-6-8-15(24)9-7-14)22-17-3-2-12-20-23(17)18/h2-5,10-12,14-15,21,24H,6-9H2,1H3. The Morgan fingerprint density at radius 1 is 1.12 bits per heavy atom. The molecule has 130 valence electrons. The molecule has 0 saturated heterocycles. The first-order chi connectivity index (χ1) is 12.2. The summed E-state index contributed by atoms with van der Waals surface area (Å²) < 4.78 is 7.12. The highest BCUT2D eigenvalue weighted by molar-refractivity contribution is 5.76. The fourth-order valence-corrected chi connectivity index (χ4v) is 3.41. The van der Waals surface area contributed by atoms with Gasteiger partial charge in [0.2, 0.25) is 0 Å². The first kappa shape index (κ1) is 15.9. The molecule has 4 rings (SSSR count). The summed E-state index contributed by atoms with van der Waals surface area (Å²) in [5.41, 5.74) is 2.79. The second kappa shape index (κ2) is 6.72. The molecule has 1 saturated carbocycles. The average Bonchev–Trinajstić information content (AvgIpc) is 3.01. The zero-order chi connectivity index (χ0) is 17.2. The van der Waals surface area contributed by atoms with E-state index in [9.17, 15) is 5.11 Å². The van der Waals surface area contributed by atoms with Crippen molar-refractivity contribution in [1.29, 1.82) is 0 Å². The molecule has 0 unspecified atom stereocenters. The van der Waals surface area contributed by atoms with Gasteiger partial charge in [-0.25, -0.2) is 9.50 Å². The van der Waals surface area contributed by atoms with Gasteiger partial charge in [-0.05, 0) is 62.1 Å². The molecule has 0 atom stereocenters. The topological polar surface area (TPSA) is 71.7 Å². The van der Waals surface area contributed by atoms with Crippen LogP contribution in [0.4, 0.5) is 5.82 Å². The third-order valence-electron chi connectivity index (χ3n) is 4.79. The van der Waals surface area contributed by atoms with Crippen molar-refractivity contribution >= 4 is 11.5 Å². The van der Waals surface area contributed by atoms with Gasteiger partial charge < -0.3 is 15.2 Å². The summed E-state index contributed by atoms with van der Waals surface area (Å²) in [6.07, 6.45) is 5.17. The zero-order valence-corrected chi connectivity index (χ0v) is 14.2. The third kappa shape index (κ3) is 3.17. The first-order valence-electron chi connectivity index (χ1n) is 8.67. The molecule has 0 amide bonds. The van der Waals surface area contributed by atoms with E-state index < -0.39 is 0 Å². The fourth-order valence-electron chi connectivity index (χ4n) is 3.41. The molecule has 6 heteroatoms. The number of hydrogen-bond donors (Lipinski definition) is 2. The molecule has 0 aliphatic heterocycles. The van der Waals surface area contributed by atoms with Crippen molar-refractivity contribution in [3.05, 3.63) is 42.6 Å². The van der Waals surface area contributed by atoms with Crippen LogP contribution in [-0.4, -0.2) is 39.0 Å². The number of nitrogens with one attached hydrogen (secondary N) is 1. The number of aliphatic hydroxyl groups is 1. The van der Waals surface area contributed by atoms with Gasteiger partial charge in [-0.3, -0.25) is 0 Å². The lowest BCUT2D eigenvalue weighted by Crippen LogP contribution is -2.28. The van der Waals surface area contributed by atoms with E-state index >= 15 is 0 Å². The second-order valence-corrected chi connectivity index (χ2v) is 6.48. The van der Waals surface area contributed by atoms with E-state index in [0.717, 1.165) is 54.2 Å². The number of rotatable bonds is 4. The number of methoxy groups -OCH3 is 1. The molecule has 0 spiro atoms. The Morgan fingerprint density at radius 2 is 1.88 bits per heavy atom. The SMILES string of the molecule is COc1ccc(-c2c(NC3CCC(O)CC3)nc3cccnn23)cc1. The van der Waals surface area contributed by atoms with Gasteiger partial charge in [0.1, 0.15) is 11.4 Å². The van der Waals surface area contributed by atoms with Crippen LogP contribution in [0.2, 0.25) is 0 Å². The normalized spacial score (nSPS) is 20.6. The van der Waals surface area contributed by atoms with Gasteiger partial charge in [0, 0.05) is 17.8 Å². The van der Waals surface area contributed by atoms with Crippen LogP contribution >= 0.6 is 0 Å². The summed E-state index contributed by atoms with van der Waals surface area (Å²) in [5, 5.41) is 17.8. The number of benzene rings is 1. The molecule has 1 aromatic carbocycles. The van der Waals surface area contributed by atoms with E-state index in [0.29, 0.717) is 6.04 Å². The van der Waals surface area contributed by atoms with E-state index in [1.807, 2.05) is 40.9 Å². The number of nitrogens with zero attached hydrogens (tertiary/aromatic N) is 3. The lowest BCUT2D eigenvalue weighted by molar-refractivity contribution is 0.126. The van der Waals surface area contributed by atoms with Crippen molar-refractivity contribution in [3.63, 3.8) is 0 Å². The molecule has 1 aliphatic rings. The molecule has 6 nitrogen and oxygen atoms in total. The minimum atomic E-state index is -0.165. The Kier molecular flexibility index (Phi) is 4.28. The molecule has 0 bridgehead atoms. The molecular weight excluding hydrogens is 316 g/mol. The Hall–Kier alpha value is -2.60. The molecule has 2 N–H and O–H groups in total. The van der Waals surface area contributed by atoms with Crippen molar-refractivity contribution in [2.45, 2.75) is 37.8 Å². The molecular formula is C19H22N4O2. The maximum Gasteiger partial charge on any atom is 0.156 e. The van der Waals surface area contributed by atoms with Crippen molar-refractivity contribution in [1.82, 2.24) is 14.6 Å². The van der Waals surface area contributed by atoms with Gasteiger partial charge in [-0.15, -0.1) is 0 Å². The Balaban J connectivity index is 1.72. The highest BCUT2D eigenvalue weighted by Crippen LogP contribution is 2.32. The maximum atomic E-state index is 9.72. The Labute approximate surface area is 146 Å². The van der Waals surface area contributed by atoms with Crippen molar-refractivity contribution < 1.29 is 9.84 Å². The van der Waals surface area contributed by atoms with Gasteiger partial charge in [0.05, 0.1) is 13.2 Å². The Bertz CT molecular complexity index is 851. The van der Waals surface area contributed by atoms with Gasteiger partial charge >= 0.3 is 0 Å². The number of ether oxygens (including phenoxy) is 1. The Morgan fingerprint density at radius 3 is 2.60 bits per heavy atom. The highest BCUT2D eigenvalue weighted by atomic mass is 16.5. The molecule has 2 aromatic heterocycles. The van der Waals surface area contributed by atoms with Crippen LogP contribution < -0.4 is 10.1 Å². The van der Waals surface area contributed by atoms with Gasteiger partial charge in [-0.1, -0.05) is 0 Å². The molecule has 2 heterocycles. The fraction of sp³-hybridized carbons (Fsp3) is 0.368. The van der Waals surface area contributed by atoms with Crippen LogP contribution in [0, 0.1) is 0 Å². The zero-order valence-electron chi connectivity index (χ0n) is 14.2. The summed E-state index contributed by atoms with van der Waals surface area (Å²) in [6.45, 7) is 0. The lowest BCUT2D eigenvalue weighted by atomic mass is 9.93. The van der Waals surface area contributed by atoms with Crippen LogP contribution in [0.25, 0.3) is 16.9 Å². The first-order valence-corrected chi connectivity index (χ1v) is 8.67. The predicted molar refractivity (Wildman–Crippen MR) is 96.9 cm³/mol. The van der Waals surface area contributed by atoms with E-state index in [-0.39, 0.29) is 6.10 Å². The van der Waals surface area contributed by atoms with Crippen LogP contribution in [0.3, 0.4) is 0 Å². The summed E-state index contributed by atoms with van der Waals surface area (Å²) in [7, 11) is 1.66. The van der Waals surface area contributed by atoms with Gasteiger partial charge in [0.15, 0.2) is 11.5 Å². The molecule has 0 radical (unpaired) electrons. The van der Waals surface area contributed by atoms with E-state index in [4.69, 9.17) is 9.72 Å². The smallest absolute Gasteiger partial charge is 0.156 e. The molecule has 1 fully saturated rings. The molecule has 25 heavy (non-hydrogen) atoms. The lowest BCUT2D eigenvalue weighted by Gasteiger charge is -2.26. The van der Waals surface area contributed by atoms with Crippen LogP contribution in [0.1, 0.15) is 25.7 Å². The maximum absolute atomic E-state index is 9.72. The van der Waals surface area contributed by atoms with Gasteiger partial charge in [0.25, 0.3) is 0 Å². The number of fused-ring (bicyclic) bond motifs is 1. The summed E-state index contributed by atoms with van der Waals surface area (Å²) in [5.74, 6) is 1.66. The van der Waals surface area contributed by atoms with Crippen LogP contribution in [0.5, 0.6) is 5.75 Å². The monoisotopic (exact) mass is 338 g/mol. The molecule has 1 aliphatic carbocycles. The predicted octanol–water partition coefficient (Wildman–Crippen LogP) is 3.12. The number of imidazole rings is 1. The van der Waals surface area contributed by atoms with Crippen molar-refractivity contribution in [3.8, 4) is 17.0 Å². The third-order valence-corrected chi connectivity index (χ3v) is 4.79. The number of hydrogen-bond acceptors (Lipinski definition) is 5. The molecule has 3 aromatic rings. The minimum Gasteiger partial charge on any atom is -0.497 e. The largest absolute Gasteiger partial charge is 0.497 e. The average molecular weight is 338 g/mol. The van der Waals surface area contributed by atoms with Crippen LogP contribution in [0.15, 0.2) is 42.6 Å². The number of aromatic nitrogens is 3. The summed E-state index contributed by atoms with van der Waals surface area (Å²) in [4.78, 5) is 4.74. The summed E-state index contributed by atoms with van der Waals surface area (Å²) >= 11 is 0. The van der Waals surface area contributed by atoms with Crippen LogP contribution in [-0.2, 0) is 0 Å². The minimum absolute atomic E-state index is 0.165. The quantitative estimate of drug-likeness (QED) is 0.765. The number of aliphatic hydroxyl groups excluding tert-OH is 1.